The average Bonchev–Trinajstić information content (AvgIpc) is 2.68. The number of halogens is 4. The third-order valence-corrected chi connectivity index (χ3v) is 6.51. The number of carbonyl (C=O) groups is 1. The van der Waals surface area contributed by atoms with Crippen LogP contribution in [-0.4, -0.2) is 12.1 Å². The lowest BCUT2D eigenvalue weighted by atomic mass is 10.1. The number of ether oxygens (including phenoxy) is 1. The molecule has 154 valence electrons. The number of hydrogen-bond acceptors (Lipinski definition) is 3. The normalized spacial score (nSPS) is 11.0. The summed E-state index contributed by atoms with van der Waals surface area (Å²) in [6, 6.07) is 17.2. The molecule has 0 bridgehead atoms. The minimum absolute atomic E-state index is 0.352. The first-order valence-electron chi connectivity index (χ1n) is 8.79. The van der Waals surface area contributed by atoms with E-state index in [2.05, 4.69) is 71.6 Å². The van der Waals surface area contributed by atoms with E-state index in [1.807, 2.05) is 49.4 Å². The van der Waals surface area contributed by atoms with E-state index in [1.165, 1.54) is 0 Å². The van der Waals surface area contributed by atoms with Crippen molar-refractivity contribution in [3.05, 3.63) is 93.5 Å². The van der Waals surface area contributed by atoms with Gasteiger partial charge >= 0.3 is 0 Å². The molecule has 30 heavy (non-hydrogen) atoms. The maximum absolute atomic E-state index is 12.3. The third kappa shape index (κ3) is 6.41. The highest BCUT2D eigenvalue weighted by molar-refractivity contribution is 14.1. The molecule has 1 N–H and O–H groups in total. The van der Waals surface area contributed by atoms with Gasteiger partial charge in [0, 0.05) is 4.47 Å². The number of hydrazone groups is 1. The second-order valence-electron chi connectivity index (χ2n) is 6.41. The van der Waals surface area contributed by atoms with Crippen molar-refractivity contribution in [3.8, 4) is 5.75 Å². The van der Waals surface area contributed by atoms with Gasteiger partial charge in [-0.05, 0) is 105 Å². The lowest BCUT2D eigenvalue weighted by Crippen LogP contribution is -2.18. The Labute approximate surface area is 215 Å². The van der Waals surface area contributed by atoms with Gasteiger partial charge in [-0.2, -0.15) is 5.10 Å². The van der Waals surface area contributed by atoms with Gasteiger partial charge in [0.15, 0.2) is 0 Å². The molecule has 0 aliphatic rings. The molecule has 0 unspecified atom stereocenters. The van der Waals surface area contributed by atoms with E-state index in [0.717, 1.165) is 34.1 Å². The number of hydrogen-bond donors (Lipinski definition) is 1. The maximum atomic E-state index is 12.3. The van der Waals surface area contributed by atoms with Gasteiger partial charge in [-0.15, -0.1) is 0 Å². The van der Waals surface area contributed by atoms with Crippen molar-refractivity contribution in [1.82, 2.24) is 5.43 Å². The SMILES string of the molecule is Cc1ccc(C(=O)N/N=C\c2cc(I)c(OCc3ccc(Br)cc3)c(I)c2)c(Cl)c1. The summed E-state index contributed by atoms with van der Waals surface area (Å²) >= 11 is 14.0. The summed E-state index contributed by atoms with van der Waals surface area (Å²) in [5, 5.41) is 4.46. The number of carbonyl (C=O) groups excluding carboxylic acids is 1. The largest absolute Gasteiger partial charge is 0.487 e. The lowest BCUT2D eigenvalue weighted by Gasteiger charge is -2.11. The highest BCUT2D eigenvalue weighted by atomic mass is 127. The molecule has 0 aromatic heterocycles. The van der Waals surface area contributed by atoms with Gasteiger partial charge in [-0.3, -0.25) is 4.79 Å². The Kier molecular flexibility index (Phi) is 8.55. The standard InChI is InChI=1S/C22H16BrClI2N2O2/c1-13-2-7-17(18(24)8-13)22(29)28-27-11-15-9-19(25)21(20(26)10-15)30-12-14-3-5-16(23)6-4-14/h2-11H,12H2,1H3,(H,28,29)/b27-11-. The first kappa shape index (κ1) is 23.5. The lowest BCUT2D eigenvalue weighted by molar-refractivity contribution is 0.0955. The molecule has 0 radical (unpaired) electrons. The first-order valence-corrected chi connectivity index (χ1v) is 12.1. The predicted octanol–water partition coefficient (Wildman–Crippen LogP) is 6.96. The van der Waals surface area contributed by atoms with Gasteiger partial charge < -0.3 is 4.74 Å². The molecule has 3 rings (SSSR count). The highest BCUT2D eigenvalue weighted by Crippen LogP contribution is 2.29. The van der Waals surface area contributed by atoms with Crippen LogP contribution in [0.15, 0.2) is 64.2 Å². The zero-order valence-electron chi connectivity index (χ0n) is 15.8. The number of nitrogens with one attached hydrogen (secondary N) is 1. The Hall–Kier alpha value is -1.17. The van der Waals surface area contributed by atoms with E-state index in [4.69, 9.17) is 16.3 Å². The third-order valence-electron chi connectivity index (χ3n) is 4.07. The fraction of sp³-hybridized carbons (Fsp3) is 0.0909. The molecule has 8 heteroatoms. The second-order valence-corrected chi connectivity index (χ2v) is 10.1. The Morgan fingerprint density at radius 1 is 1.13 bits per heavy atom. The van der Waals surface area contributed by atoms with Crippen molar-refractivity contribution in [2.24, 2.45) is 5.10 Å². The smallest absolute Gasteiger partial charge is 0.272 e. The maximum Gasteiger partial charge on any atom is 0.272 e. The van der Waals surface area contributed by atoms with E-state index in [1.54, 1.807) is 18.3 Å². The molecule has 0 saturated heterocycles. The summed E-state index contributed by atoms with van der Waals surface area (Å²) in [5.74, 6) is 0.474. The van der Waals surface area contributed by atoms with Gasteiger partial charge in [0.25, 0.3) is 5.91 Å². The van der Waals surface area contributed by atoms with Crippen LogP contribution >= 0.6 is 72.7 Å². The Morgan fingerprint density at radius 3 is 2.43 bits per heavy atom. The monoisotopic (exact) mass is 708 g/mol. The number of benzene rings is 3. The minimum atomic E-state index is -0.352. The van der Waals surface area contributed by atoms with Crippen molar-refractivity contribution in [1.29, 1.82) is 0 Å². The molecule has 3 aromatic rings. The van der Waals surface area contributed by atoms with Crippen molar-refractivity contribution >= 4 is 84.8 Å². The van der Waals surface area contributed by atoms with Crippen LogP contribution in [0.3, 0.4) is 0 Å². The summed E-state index contributed by atoms with van der Waals surface area (Å²) in [5.41, 5.74) is 5.85. The van der Waals surface area contributed by atoms with Crippen LogP contribution in [0.25, 0.3) is 0 Å². The van der Waals surface area contributed by atoms with Crippen LogP contribution in [0.5, 0.6) is 5.75 Å². The van der Waals surface area contributed by atoms with Crippen LogP contribution in [0.4, 0.5) is 0 Å². The minimum Gasteiger partial charge on any atom is -0.487 e. The Morgan fingerprint density at radius 2 is 1.80 bits per heavy atom. The predicted molar refractivity (Wildman–Crippen MR) is 142 cm³/mol. The summed E-state index contributed by atoms with van der Waals surface area (Å²) in [7, 11) is 0. The molecule has 0 aliphatic heterocycles. The molecular formula is C22H16BrClI2N2O2. The second kappa shape index (κ2) is 10.9. The molecular weight excluding hydrogens is 693 g/mol. The quantitative estimate of drug-likeness (QED) is 0.171. The Balaban J connectivity index is 1.65. The van der Waals surface area contributed by atoms with Crippen molar-refractivity contribution in [3.63, 3.8) is 0 Å². The number of amides is 1. The molecule has 0 aliphatic carbocycles. The Bertz CT molecular complexity index is 1080. The molecule has 0 saturated carbocycles. The zero-order chi connectivity index (χ0) is 21.7. The van der Waals surface area contributed by atoms with Crippen LogP contribution in [-0.2, 0) is 6.61 Å². The van der Waals surface area contributed by atoms with Crippen LogP contribution in [0.2, 0.25) is 5.02 Å². The summed E-state index contributed by atoms with van der Waals surface area (Å²) in [6.07, 6.45) is 1.60. The fourth-order valence-electron chi connectivity index (χ4n) is 2.56. The zero-order valence-corrected chi connectivity index (χ0v) is 22.4. The van der Waals surface area contributed by atoms with Crippen LogP contribution in [0.1, 0.15) is 27.0 Å². The molecule has 0 fully saturated rings. The first-order chi connectivity index (χ1) is 14.3. The summed E-state index contributed by atoms with van der Waals surface area (Å²) in [4.78, 5) is 12.3. The van der Waals surface area contributed by atoms with Crippen molar-refractivity contribution in [2.75, 3.05) is 0 Å². The van der Waals surface area contributed by atoms with Crippen molar-refractivity contribution < 1.29 is 9.53 Å². The highest BCUT2D eigenvalue weighted by Gasteiger charge is 2.11. The fourth-order valence-corrected chi connectivity index (χ4v) is 5.27. The van der Waals surface area contributed by atoms with E-state index in [9.17, 15) is 4.79 Å². The van der Waals surface area contributed by atoms with E-state index in [-0.39, 0.29) is 5.91 Å². The molecule has 0 spiro atoms. The molecule has 3 aromatic carbocycles. The number of aryl methyl sites for hydroxylation is 1. The molecule has 0 atom stereocenters. The number of nitrogens with zero attached hydrogens (tertiary/aromatic N) is 1. The topological polar surface area (TPSA) is 50.7 Å². The van der Waals surface area contributed by atoms with Gasteiger partial charge in [0.05, 0.1) is 23.9 Å². The van der Waals surface area contributed by atoms with E-state index in [0.29, 0.717) is 17.2 Å². The number of rotatable bonds is 6. The van der Waals surface area contributed by atoms with Crippen molar-refractivity contribution in [2.45, 2.75) is 13.5 Å². The van der Waals surface area contributed by atoms with Crippen LogP contribution in [0, 0.1) is 14.1 Å². The van der Waals surface area contributed by atoms with Gasteiger partial charge in [-0.25, -0.2) is 5.43 Å². The van der Waals surface area contributed by atoms with Gasteiger partial charge in [0.2, 0.25) is 0 Å². The molecule has 0 heterocycles. The summed E-state index contributed by atoms with van der Waals surface area (Å²) < 4.78 is 8.98. The molecule has 1 amide bonds. The average molecular weight is 710 g/mol. The van der Waals surface area contributed by atoms with E-state index < -0.39 is 0 Å². The van der Waals surface area contributed by atoms with Gasteiger partial charge in [0.1, 0.15) is 12.4 Å². The summed E-state index contributed by atoms with van der Waals surface area (Å²) in [6.45, 7) is 2.40. The van der Waals surface area contributed by atoms with Crippen LogP contribution < -0.4 is 10.2 Å². The van der Waals surface area contributed by atoms with E-state index >= 15 is 0 Å². The molecule has 4 nitrogen and oxygen atoms in total. The van der Waals surface area contributed by atoms with Gasteiger partial charge in [-0.1, -0.05) is 45.7 Å².